The first-order valence-corrected chi connectivity index (χ1v) is 10.3. The van der Waals surface area contributed by atoms with Crippen molar-refractivity contribution in [1.82, 2.24) is 9.80 Å². The van der Waals surface area contributed by atoms with Gasteiger partial charge in [0.1, 0.15) is 11.6 Å². The summed E-state index contributed by atoms with van der Waals surface area (Å²) in [6, 6.07) is 9.53. The zero-order valence-electron chi connectivity index (χ0n) is 17.8. The summed E-state index contributed by atoms with van der Waals surface area (Å²) in [7, 11) is 0. The van der Waals surface area contributed by atoms with E-state index in [9.17, 15) is 29.2 Å². The second kappa shape index (κ2) is 9.69. The standard InChI is InChI=1S/C23H24FN3O5/c1-3-25(4-2)13-14-26-20(15-7-11-18(12-8-15)27(31)32)19(22(29)23(26)30)21(28)16-5-9-17(24)10-6-16/h5-12,20,28H,3-4,13-14H2,1-2H3/b21-19+/t20-/m1/s1. The Kier molecular flexibility index (Phi) is 6.99. The Labute approximate surface area is 184 Å². The van der Waals surface area contributed by atoms with Crippen LogP contribution in [0.4, 0.5) is 10.1 Å². The lowest BCUT2D eigenvalue weighted by molar-refractivity contribution is -0.384. The monoisotopic (exact) mass is 441 g/mol. The lowest BCUT2D eigenvalue weighted by Gasteiger charge is -2.28. The number of hydrogen-bond donors (Lipinski definition) is 1. The number of nitrogens with zero attached hydrogens (tertiary/aromatic N) is 3. The van der Waals surface area contributed by atoms with Gasteiger partial charge in [0.2, 0.25) is 0 Å². The Morgan fingerprint density at radius 3 is 2.22 bits per heavy atom. The van der Waals surface area contributed by atoms with Crippen molar-refractivity contribution in [1.29, 1.82) is 0 Å². The summed E-state index contributed by atoms with van der Waals surface area (Å²) >= 11 is 0. The van der Waals surface area contributed by atoms with Crippen LogP contribution in [0.15, 0.2) is 54.1 Å². The second-order valence-electron chi connectivity index (χ2n) is 7.37. The van der Waals surface area contributed by atoms with E-state index < -0.39 is 34.2 Å². The number of carbonyl (C=O) groups is 2. The minimum absolute atomic E-state index is 0.130. The van der Waals surface area contributed by atoms with Crippen molar-refractivity contribution in [2.75, 3.05) is 26.2 Å². The first kappa shape index (κ1) is 23.1. The van der Waals surface area contributed by atoms with Crippen LogP contribution >= 0.6 is 0 Å². The van der Waals surface area contributed by atoms with E-state index in [1.165, 1.54) is 41.3 Å². The maximum atomic E-state index is 13.3. The molecule has 9 heteroatoms. The number of rotatable bonds is 8. The van der Waals surface area contributed by atoms with Gasteiger partial charge in [0, 0.05) is 30.8 Å². The molecular formula is C23H24FN3O5. The number of likely N-dealkylation sites (N-methyl/N-ethyl adjacent to an activating group) is 1. The first-order chi connectivity index (χ1) is 15.3. The van der Waals surface area contributed by atoms with Crippen LogP contribution < -0.4 is 0 Å². The molecule has 0 radical (unpaired) electrons. The number of Topliss-reactive ketones (excluding diaryl/α,β-unsaturated/α-hetero) is 1. The third-order valence-electron chi connectivity index (χ3n) is 5.63. The molecule has 8 nitrogen and oxygen atoms in total. The van der Waals surface area contributed by atoms with E-state index in [0.29, 0.717) is 12.1 Å². The SMILES string of the molecule is CCN(CC)CCN1C(=O)C(=O)/C(=C(/O)c2ccc(F)cc2)[C@H]1c1ccc([N+](=O)[O-])cc1. The molecule has 168 valence electrons. The third kappa shape index (κ3) is 4.52. The first-order valence-electron chi connectivity index (χ1n) is 10.3. The number of ketones is 1. The zero-order chi connectivity index (χ0) is 23.4. The minimum Gasteiger partial charge on any atom is -0.507 e. The van der Waals surface area contributed by atoms with Crippen molar-refractivity contribution in [2.24, 2.45) is 0 Å². The number of non-ortho nitro benzene ring substituents is 1. The number of carbonyl (C=O) groups excluding carboxylic acids is 2. The molecule has 2 aromatic rings. The maximum Gasteiger partial charge on any atom is 0.295 e. The lowest BCUT2D eigenvalue weighted by atomic mass is 9.95. The Balaban J connectivity index is 2.10. The lowest BCUT2D eigenvalue weighted by Crippen LogP contribution is -2.38. The highest BCUT2D eigenvalue weighted by Gasteiger charge is 2.46. The number of aliphatic hydroxyl groups excluding tert-OH is 1. The highest BCUT2D eigenvalue weighted by molar-refractivity contribution is 6.46. The van der Waals surface area contributed by atoms with Gasteiger partial charge < -0.3 is 14.9 Å². The van der Waals surface area contributed by atoms with E-state index in [1.807, 2.05) is 13.8 Å². The van der Waals surface area contributed by atoms with Crippen LogP contribution in [0.5, 0.6) is 0 Å². The maximum absolute atomic E-state index is 13.3. The Hall–Kier alpha value is -3.59. The summed E-state index contributed by atoms with van der Waals surface area (Å²) in [5.74, 6) is -2.54. The van der Waals surface area contributed by atoms with Crippen LogP contribution in [0.3, 0.4) is 0 Å². The van der Waals surface area contributed by atoms with E-state index in [0.717, 1.165) is 25.2 Å². The minimum atomic E-state index is -0.920. The summed E-state index contributed by atoms with van der Waals surface area (Å²) in [4.78, 5) is 39.8. The van der Waals surface area contributed by atoms with Crippen LogP contribution in [0, 0.1) is 15.9 Å². The number of benzene rings is 2. The Morgan fingerprint density at radius 1 is 1.09 bits per heavy atom. The normalized spacial score (nSPS) is 17.9. The second-order valence-corrected chi connectivity index (χ2v) is 7.37. The van der Waals surface area contributed by atoms with E-state index >= 15 is 0 Å². The number of likely N-dealkylation sites (tertiary alicyclic amines) is 1. The number of aliphatic hydroxyl groups is 1. The van der Waals surface area contributed by atoms with Crippen LogP contribution in [0.2, 0.25) is 0 Å². The van der Waals surface area contributed by atoms with Crippen LogP contribution in [0.25, 0.3) is 5.76 Å². The van der Waals surface area contributed by atoms with Crippen molar-refractivity contribution in [3.05, 3.63) is 81.2 Å². The van der Waals surface area contributed by atoms with Crippen molar-refractivity contribution in [3.8, 4) is 0 Å². The van der Waals surface area contributed by atoms with E-state index in [4.69, 9.17) is 0 Å². The Bertz CT molecular complexity index is 1050. The van der Waals surface area contributed by atoms with Crippen molar-refractivity contribution >= 4 is 23.1 Å². The molecule has 0 aliphatic carbocycles. The van der Waals surface area contributed by atoms with Gasteiger partial charge in [0.15, 0.2) is 0 Å². The zero-order valence-corrected chi connectivity index (χ0v) is 17.8. The Morgan fingerprint density at radius 2 is 1.69 bits per heavy atom. The number of halogens is 1. The summed E-state index contributed by atoms with van der Waals surface area (Å²) in [5, 5.41) is 21.9. The average molecular weight is 441 g/mol. The van der Waals surface area contributed by atoms with Gasteiger partial charge >= 0.3 is 0 Å². The van der Waals surface area contributed by atoms with Crippen molar-refractivity contribution < 1.29 is 24.0 Å². The van der Waals surface area contributed by atoms with Crippen molar-refractivity contribution in [3.63, 3.8) is 0 Å². The molecule has 0 aromatic heterocycles. The summed E-state index contributed by atoms with van der Waals surface area (Å²) in [6.07, 6.45) is 0. The van der Waals surface area contributed by atoms with Crippen molar-refractivity contribution in [2.45, 2.75) is 19.9 Å². The highest BCUT2D eigenvalue weighted by atomic mass is 19.1. The molecule has 1 fully saturated rings. The molecule has 0 saturated carbocycles. The molecule has 1 saturated heterocycles. The fourth-order valence-corrected chi connectivity index (χ4v) is 3.79. The van der Waals surface area contributed by atoms with E-state index in [2.05, 4.69) is 4.90 Å². The van der Waals surface area contributed by atoms with Crippen LogP contribution in [-0.4, -0.2) is 57.7 Å². The van der Waals surface area contributed by atoms with Crippen LogP contribution in [-0.2, 0) is 9.59 Å². The predicted molar refractivity (Wildman–Crippen MR) is 116 cm³/mol. The van der Waals surface area contributed by atoms with Gasteiger partial charge in [-0.1, -0.05) is 13.8 Å². The van der Waals surface area contributed by atoms with E-state index in [1.54, 1.807) is 0 Å². The number of nitro groups is 1. The van der Waals surface area contributed by atoms with Gasteiger partial charge in [-0.3, -0.25) is 19.7 Å². The molecular weight excluding hydrogens is 417 g/mol. The predicted octanol–water partition coefficient (Wildman–Crippen LogP) is 3.50. The fraction of sp³-hybridized carbons (Fsp3) is 0.304. The van der Waals surface area contributed by atoms with Gasteiger partial charge in [-0.15, -0.1) is 0 Å². The van der Waals surface area contributed by atoms with Gasteiger partial charge in [0.05, 0.1) is 16.5 Å². The van der Waals surface area contributed by atoms with Gasteiger partial charge in [0.25, 0.3) is 17.4 Å². The number of amides is 1. The van der Waals surface area contributed by atoms with Gasteiger partial charge in [-0.25, -0.2) is 4.39 Å². The molecule has 32 heavy (non-hydrogen) atoms. The topological polar surface area (TPSA) is 104 Å². The molecule has 1 N–H and O–H groups in total. The molecule has 1 atom stereocenters. The molecule has 1 aliphatic rings. The van der Waals surface area contributed by atoms with Crippen LogP contribution in [0.1, 0.15) is 31.0 Å². The number of nitro benzene ring substituents is 1. The molecule has 0 unspecified atom stereocenters. The molecule has 1 heterocycles. The molecule has 1 aliphatic heterocycles. The third-order valence-corrected chi connectivity index (χ3v) is 5.63. The van der Waals surface area contributed by atoms with Gasteiger partial charge in [-0.05, 0) is 55.1 Å². The molecule has 3 rings (SSSR count). The molecule has 0 bridgehead atoms. The van der Waals surface area contributed by atoms with Gasteiger partial charge in [-0.2, -0.15) is 0 Å². The quantitative estimate of drug-likeness (QED) is 0.221. The summed E-state index contributed by atoms with van der Waals surface area (Å²) in [6.45, 7) is 6.24. The summed E-state index contributed by atoms with van der Waals surface area (Å²) in [5.41, 5.74) is 0.389. The average Bonchev–Trinajstić information content (AvgIpc) is 3.04. The molecule has 1 amide bonds. The molecule has 2 aromatic carbocycles. The fourth-order valence-electron chi connectivity index (χ4n) is 3.79. The smallest absolute Gasteiger partial charge is 0.295 e. The number of hydrogen-bond acceptors (Lipinski definition) is 6. The van der Waals surface area contributed by atoms with E-state index in [-0.39, 0.29) is 23.4 Å². The summed E-state index contributed by atoms with van der Waals surface area (Å²) < 4.78 is 13.3. The molecule has 0 spiro atoms. The highest BCUT2D eigenvalue weighted by Crippen LogP contribution is 2.39. The largest absolute Gasteiger partial charge is 0.507 e.